The van der Waals surface area contributed by atoms with Crippen molar-refractivity contribution in [1.82, 2.24) is 5.32 Å². The lowest BCUT2D eigenvalue weighted by molar-refractivity contribution is 0.252. The van der Waals surface area contributed by atoms with Gasteiger partial charge in [-0.1, -0.05) is 54.1 Å². The van der Waals surface area contributed by atoms with Gasteiger partial charge in [0, 0.05) is 22.7 Å². The molecule has 0 radical (unpaired) electrons. The van der Waals surface area contributed by atoms with Gasteiger partial charge in [0.05, 0.1) is 10.0 Å². The second-order valence-electron chi connectivity index (χ2n) is 5.30. The van der Waals surface area contributed by atoms with E-state index in [2.05, 4.69) is 12.2 Å². The highest BCUT2D eigenvalue weighted by Crippen LogP contribution is 2.33. The second kappa shape index (κ2) is 6.00. The van der Waals surface area contributed by atoms with Crippen LogP contribution in [-0.2, 0) is 6.54 Å². The third kappa shape index (κ3) is 3.33. The molecule has 100 valence electrons. The summed E-state index contributed by atoms with van der Waals surface area (Å²) in [5.74, 6) is 0. The van der Waals surface area contributed by atoms with Gasteiger partial charge < -0.3 is 5.32 Å². The van der Waals surface area contributed by atoms with Crippen molar-refractivity contribution in [2.75, 3.05) is 0 Å². The third-order valence-electron chi connectivity index (χ3n) is 3.79. The molecule has 1 aromatic carbocycles. The molecule has 1 aliphatic rings. The van der Waals surface area contributed by atoms with Crippen molar-refractivity contribution in [2.24, 2.45) is 0 Å². The molecule has 1 aliphatic carbocycles. The molecule has 0 heterocycles. The van der Waals surface area contributed by atoms with E-state index in [-0.39, 0.29) is 5.54 Å². The first-order chi connectivity index (χ1) is 8.52. The highest BCUT2D eigenvalue weighted by molar-refractivity contribution is 6.44. The highest BCUT2D eigenvalue weighted by Gasteiger charge is 2.26. The third-order valence-corrected chi connectivity index (χ3v) is 4.99. The van der Waals surface area contributed by atoms with E-state index in [1.54, 1.807) is 12.1 Å². The zero-order valence-corrected chi connectivity index (χ0v) is 12.8. The van der Waals surface area contributed by atoms with E-state index in [4.69, 9.17) is 34.8 Å². The maximum atomic E-state index is 6.21. The normalized spacial score (nSPS) is 18.9. The minimum atomic E-state index is 0.202. The van der Waals surface area contributed by atoms with Crippen LogP contribution >= 0.6 is 34.8 Å². The standard InChI is InChI=1S/C14H18Cl3N/c1-14(7-3-2-4-8-14)18-9-10-11(15)5-6-12(16)13(10)17/h5-6,18H,2-4,7-9H2,1H3. The van der Waals surface area contributed by atoms with Gasteiger partial charge in [-0.15, -0.1) is 0 Å². The van der Waals surface area contributed by atoms with Crippen LogP contribution in [0.25, 0.3) is 0 Å². The molecule has 2 rings (SSSR count). The first-order valence-electron chi connectivity index (χ1n) is 6.39. The molecule has 1 nitrogen and oxygen atoms in total. The van der Waals surface area contributed by atoms with Crippen LogP contribution in [0.4, 0.5) is 0 Å². The van der Waals surface area contributed by atoms with Gasteiger partial charge >= 0.3 is 0 Å². The van der Waals surface area contributed by atoms with E-state index in [0.717, 1.165) is 5.56 Å². The Morgan fingerprint density at radius 3 is 2.33 bits per heavy atom. The largest absolute Gasteiger partial charge is 0.307 e. The van der Waals surface area contributed by atoms with Gasteiger partial charge in [0.1, 0.15) is 0 Å². The van der Waals surface area contributed by atoms with Crippen molar-refractivity contribution in [2.45, 2.75) is 51.1 Å². The lowest BCUT2D eigenvalue weighted by Gasteiger charge is -2.35. The number of hydrogen-bond acceptors (Lipinski definition) is 1. The molecule has 0 saturated heterocycles. The average molecular weight is 307 g/mol. The summed E-state index contributed by atoms with van der Waals surface area (Å²) in [7, 11) is 0. The molecule has 0 aliphatic heterocycles. The summed E-state index contributed by atoms with van der Waals surface area (Å²) in [5, 5.41) is 5.40. The Labute approximate surface area is 124 Å². The summed E-state index contributed by atoms with van der Waals surface area (Å²) in [4.78, 5) is 0. The van der Waals surface area contributed by atoms with Gasteiger partial charge in [-0.05, 0) is 31.9 Å². The Morgan fingerprint density at radius 2 is 1.67 bits per heavy atom. The fourth-order valence-corrected chi connectivity index (χ4v) is 3.22. The molecular weight excluding hydrogens is 289 g/mol. The molecule has 0 spiro atoms. The molecule has 0 atom stereocenters. The molecule has 1 fully saturated rings. The second-order valence-corrected chi connectivity index (χ2v) is 6.49. The Hall–Kier alpha value is 0.0500. The molecule has 4 heteroatoms. The SMILES string of the molecule is CC1(NCc2c(Cl)ccc(Cl)c2Cl)CCCCC1. The van der Waals surface area contributed by atoms with Crippen LogP contribution in [0.5, 0.6) is 0 Å². The van der Waals surface area contributed by atoms with E-state index in [9.17, 15) is 0 Å². The van der Waals surface area contributed by atoms with Crippen LogP contribution in [0.2, 0.25) is 15.1 Å². The zero-order valence-electron chi connectivity index (χ0n) is 10.5. The van der Waals surface area contributed by atoms with E-state index in [1.165, 1.54) is 32.1 Å². The van der Waals surface area contributed by atoms with Crippen LogP contribution in [0.15, 0.2) is 12.1 Å². The van der Waals surface area contributed by atoms with Crippen LogP contribution < -0.4 is 5.32 Å². The maximum absolute atomic E-state index is 6.21. The summed E-state index contributed by atoms with van der Waals surface area (Å²) in [5.41, 5.74) is 1.10. The maximum Gasteiger partial charge on any atom is 0.0652 e. The van der Waals surface area contributed by atoms with Gasteiger partial charge in [0.25, 0.3) is 0 Å². The fourth-order valence-electron chi connectivity index (χ4n) is 2.54. The van der Waals surface area contributed by atoms with Crippen LogP contribution in [0, 0.1) is 0 Å². The Bertz CT molecular complexity index is 425. The van der Waals surface area contributed by atoms with Crippen molar-refractivity contribution in [3.63, 3.8) is 0 Å². The Morgan fingerprint density at radius 1 is 1.06 bits per heavy atom. The van der Waals surface area contributed by atoms with Crippen LogP contribution in [-0.4, -0.2) is 5.54 Å². The molecule has 1 aromatic rings. The molecule has 18 heavy (non-hydrogen) atoms. The predicted octanol–water partition coefficient (Wildman–Crippen LogP) is 5.46. The summed E-state index contributed by atoms with van der Waals surface area (Å²) in [6.07, 6.45) is 6.35. The van der Waals surface area contributed by atoms with Crippen molar-refractivity contribution in [1.29, 1.82) is 0 Å². The summed E-state index contributed by atoms with van der Waals surface area (Å²) >= 11 is 18.4. The average Bonchev–Trinajstić information content (AvgIpc) is 2.35. The van der Waals surface area contributed by atoms with Gasteiger partial charge in [0.15, 0.2) is 0 Å². The van der Waals surface area contributed by atoms with Crippen molar-refractivity contribution >= 4 is 34.8 Å². The van der Waals surface area contributed by atoms with E-state index < -0.39 is 0 Å². The number of benzene rings is 1. The van der Waals surface area contributed by atoms with Gasteiger partial charge in [-0.25, -0.2) is 0 Å². The summed E-state index contributed by atoms with van der Waals surface area (Å²) in [6, 6.07) is 3.54. The first kappa shape index (κ1) is 14.5. The van der Waals surface area contributed by atoms with Crippen molar-refractivity contribution in [3.05, 3.63) is 32.8 Å². The number of hydrogen-bond donors (Lipinski definition) is 1. The number of rotatable bonds is 3. The zero-order chi connectivity index (χ0) is 13.2. The van der Waals surface area contributed by atoms with Crippen LogP contribution in [0.1, 0.15) is 44.6 Å². The first-order valence-corrected chi connectivity index (χ1v) is 7.53. The summed E-state index contributed by atoms with van der Waals surface area (Å²) < 4.78 is 0. The van der Waals surface area contributed by atoms with E-state index >= 15 is 0 Å². The lowest BCUT2D eigenvalue weighted by atomic mass is 9.83. The topological polar surface area (TPSA) is 12.0 Å². The fraction of sp³-hybridized carbons (Fsp3) is 0.571. The Balaban J connectivity index is 2.08. The van der Waals surface area contributed by atoms with Crippen molar-refractivity contribution < 1.29 is 0 Å². The van der Waals surface area contributed by atoms with E-state index in [0.29, 0.717) is 21.6 Å². The summed E-state index contributed by atoms with van der Waals surface area (Å²) in [6.45, 7) is 2.95. The Kier molecular flexibility index (Phi) is 4.82. The van der Waals surface area contributed by atoms with Gasteiger partial charge in [0.2, 0.25) is 0 Å². The van der Waals surface area contributed by atoms with Gasteiger partial charge in [-0.3, -0.25) is 0 Å². The number of halogens is 3. The molecule has 1 saturated carbocycles. The molecule has 0 unspecified atom stereocenters. The van der Waals surface area contributed by atoms with Crippen LogP contribution in [0.3, 0.4) is 0 Å². The molecule has 0 aromatic heterocycles. The minimum Gasteiger partial charge on any atom is -0.307 e. The van der Waals surface area contributed by atoms with Gasteiger partial charge in [-0.2, -0.15) is 0 Å². The van der Waals surface area contributed by atoms with E-state index in [1.807, 2.05) is 0 Å². The molecular formula is C14H18Cl3N. The minimum absolute atomic E-state index is 0.202. The molecule has 1 N–H and O–H groups in total. The predicted molar refractivity (Wildman–Crippen MR) is 79.8 cm³/mol. The van der Waals surface area contributed by atoms with Crippen molar-refractivity contribution in [3.8, 4) is 0 Å². The lowest BCUT2D eigenvalue weighted by Crippen LogP contribution is -2.43. The number of nitrogens with one attached hydrogen (secondary N) is 1. The highest BCUT2D eigenvalue weighted by atomic mass is 35.5. The quantitative estimate of drug-likeness (QED) is 0.731. The monoisotopic (exact) mass is 305 g/mol. The molecule has 0 bridgehead atoms. The molecule has 0 amide bonds. The smallest absolute Gasteiger partial charge is 0.0652 e.